The number of rotatable bonds is 6. The third-order valence-electron chi connectivity index (χ3n) is 3.23. The molecule has 0 spiro atoms. The van der Waals surface area contributed by atoms with Crippen molar-refractivity contribution < 1.29 is 28.3 Å². The van der Waals surface area contributed by atoms with Crippen LogP contribution in [0.3, 0.4) is 0 Å². The van der Waals surface area contributed by atoms with Crippen LogP contribution in [0.2, 0.25) is 0 Å². The van der Waals surface area contributed by atoms with Crippen molar-refractivity contribution in [2.45, 2.75) is 13.8 Å². The van der Waals surface area contributed by atoms with Gasteiger partial charge in [-0.15, -0.1) is 0 Å². The highest BCUT2D eigenvalue weighted by Crippen LogP contribution is 2.19. The molecule has 0 saturated carbocycles. The summed E-state index contributed by atoms with van der Waals surface area (Å²) in [6.45, 7) is 3.30. The topological polar surface area (TPSA) is 99.9 Å². The number of carbonyl (C=O) groups is 3. The molecule has 0 N–H and O–H groups in total. The Balaban J connectivity index is 2.75. The summed E-state index contributed by atoms with van der Waals surface area (Å²) >= 11 is 0. The third kappa shape index (κ3) is 3.82. The van der Waals surface area contributed by atoms with Crippen molar-refractivity contribution in [2.75, 3.05) is 13.2 Å². The first-order chi connectivity index (χ1) is 12.0. The van der Waals surface area contributed by atoms with Crippen LogP contribution in [-0.4, -0.2) is 31.4 Å². The van der Waals surface area contributed by atoms with E-state index in [-0.39, 0.29) is 41.8 Å². The quantitative estimate of drug-likeness (QED) is 0.260. The summed E-state index contributed by atoms with van der Waals surface area (Å²) in [6.07, 6.45) is 1.23. The van der Waals surface area contributed by atoms with Gasteiger partial charge in [-0.05, 0) is 32.1 Å². The van der Waals surface area contributed by atoms with Crippen LogP contribution in [0.15, 0.2) is 39.1 Å². The lowest BCUT2D eigenvalue weighted by atomic mass is 10.1. The van der Waals surface area contributed by atoms with Gasteiger partial charge in [0.05, 0.1) is 24.2 Å². The number of benzene rings is 1. The van der Waals surface area contributed by atoms with Crippen LogP contribution < -0.4 is 5.43 Å². The molecule has 130 valence electrons. The van der Waals surface area contributed by atoms with Crippen LogP contribution in [0.5, 0.6) is 0 Å². The summed E-state index contributed by atoms with van der Waals surface area (Å²) in [5.41, 5.74) is -1.02. The molecule has 0 aliphatic heterocycles. The zero-order chi connectivity index (χ0) is 18.4. The van der Waals surface area contributed by atoms with Crippen LogP contribution in [0.4, 0.5) is 0 Å². The van der Waals surface area contributed by atoms with E-state index < -0.39 is 22.9 Å². The Labute approximate surface area is 142 Å². The highest BCUT2D eigenvalue weighted by atomic mass is 16.5. The van der Waals surface area contributed by atoms with Gasteiger partial charge in [-0.2, -0.15) is 0 Å². The monoisotopic (exact) mass is 344 g/mol. The summed E-state index contributed by atoms with van der Waals surface area (Å²) in [6, 6.07) is 6.31. The average Bonchev–Trinajstić information content (AvgIpc) is 2.61. The summed E-state index contributed by atoms with van der Waals surface area (Å²) < 4.78 is 15.1. The van der Waals surface area contributed by atoms with E-state index in [1.165, 1.54) is 12.1 Å². The second-order valence-electron chi connectivity index (χ2n) is 4.83. The molecule has 0 fully saturated rings. The first-order valence-electron chi connectivity index (χ1n) is 7.60. The van der Waals surface area contributed by atoms with E-state index in [2.05, 4.69) is 0 Å². The first-order valence-corrected chi connectivity index (χ1v) is 7.60. The van der Waals surface area contributed by atoms with E-state index in [1.54, 1.807) is 26.0 Å². The Morgan fingerprint density at radius 1 is 1.12 bits per heavy atom. The maximum Gasteiger partial charge on any atom is 0.375 e. The molecule has 0 bridgehead atoms. The molecule has 0 aliphatic carbocycles. The molecule has 2 rings (SSSR count). The lowest BCUT2D eigenvalue weighted by Crippen LogP contribution is -2.17. The fourth-order valence-corrected chi connectivity index (χ4v) is 2.15. The van der Waals surface area contributed by atoms with E-state index in [4.69, 9.17) is 13.9 Å². The number of carbonyl (C=O) groups excluding carboxylic acids is 3. The smallest absolute Gasteiger partial charge is 0.375 e. The van der Waals surface area contributed by atoms with Crippen molar-refractivity contribution in [1.82, 2.24) is 0 Å². The SMILES string of the molecule is CCOC(=O)/C(C=O)=C/c1c(C(=O)OCC)oc2ccccc2c1=O. The van der Waals surface area contributed by atoms with Gasteiger partial charge < -0.3 is 13.9 Å². The second-order valence-corrected chi connectivity index (χ2v) is 4.83. The van der Waals surface area contributed by atoms with Crippen molar-refractivity contribution in [3.05, 3.63) is 51.4 Å². The largest absolute Gasteiger partial charge is 0.462 e. The summed E-state index contributed by atoms with van der Waals surface area (Å²) in [5, 5.41) is 0.205. The van der Waals surface area contributed by atoms with E-state index in [1.807, 2.05) is 0 Å². The zero-order valence-electron chi connectivity index (χ0n) is 13.7. The van der Waals surface area contributed by atoms with Crippen LogP contribution in [0.25, 0.3) is 17.0 Å². The number of esters is 2. The Bertz CT molecular complexity index is 905. The Kier molecular flexibility index (Phi) is 5.84. The molecule has 7 nitrogen and oxygen atoms in total. The molecule has 1 aromatic heterocycles. The average molecular weight is 344 g/mol. The Morgan fingerprint density at radius 2 is 1.80 bits per heavy atom. The number of fused-ring (bicyclic) bond motifs is 1. The molecule has 25 heavy (non-hydrogen) atoms. The molecule has 0 aliphatic rings. The maximum absolute atomic E-state index is 12.7. The van der Waals surface area contributed by atoms with Gasteiger partial charge in [-0.3, -0.25) is 9.59 Å². The minimum absolute atomic E-state index is 0.0566. The van der Waals surface area contributed by atoms with E-state index in [9.17, 15) is 19.2 Å². The van der Waals surface area contributed by atoms with E-state index in [0.717, 1.165) is 6.08 Å². The lowest BCUT2D eigenvalue weighted by molar-refractivity contribution is -0.139. The predicted octanol–water partition coefficient (Wildman–Crippen LogP) is 2.12. The van der Waals surface area contributed by atoms with Crippen molar-refractivity contribution >= 4 is 35.3 Å². The maximum atomic E-state index is 12.7. The van der Waals surface area contributed by atoms with Gasteiger partial charge in [0, 0.05) is 0 Å². The molecule has 0 atom stereocenters. The van der Waals surface area contributed by atoms with E-state index in [0.29, 0.717) is 0 Å². The zero-order valence-corrected chi connectivity index (χ0v) is 13.7. The first kappa shape index (κ1) is 18.1. The molecule has 1 aromatic carbocycles. The minimum Gasteiger partial charge on any atom is -0.462 e. The molecule has 7 heteroatoms. The highest BCUT2D eigenvalue weighted by Gasteiger charge is 2.22. The number of ether oxygens (including phenoxy) is 2. The van der Waals surface area contributed by atoms with Gasteiger partial charge in [-0.25, -0.2) is 9.59 Å². The van der Waals surface area contributed by atoms with Crippen molar-refractivity contribution in [1.29, 1.82) is 0 Å². The molecular weight excluding hydrogens is 328 g/mol. The third-order valence-corrected chi connectivity index (χ3v) is 3.23. The molecule has 2 aromatic rings. The highest BCUT2D eigenvalue weighted by molar-refractivity contribution is 6.12. The van der Waals surface area contributed by atoms with Gasteiger partial charge in [0.25, 0.3) is 0 Å². The van der Waals surface area contributed by atoms with Crippen molar-refractivity contribution in [3.63, 3.8) is 0 Å². The van der Waals surface area contributed by atoms with Crippen molar-refractivity contribution in [3.8, 4) is 0 Å². The van der Waals surface area contributed by atoms with Gasteiger partial charge in [0.2, 0.25) is 11.2 Å². The minimum atomic E-state index is -0.903. The fourth-order valence-electron chi connectivity index (χ4n) is 2.15. The van der Waals surface area contributed by atoms with Crippen LogP contribution in [-0.2, 0) is 19.1 Å². The van der Waals surface area contributed by atoms with Crippen LogP contribution >= 0.6 is 0 Å². The molecule has 0 saturated heterocycles. The number of hydrogen-bond donors (Lipinski definition) is 0. The fraction of sp³-hybridized carbons (Fsp3) is 0.222. The summed E-state index contributed by atoms with van der Waals surface area (Å²) in [5.74, 6) is -2.15. The number of hydrogen-bond acceptors (Lipinski definition) is 7. The van der Waals surface area contributed by atoms with Gasteiger partial charge >= 0.3 is 11.9 Å². The number of para-hydroxylation sites is 1. The molecule has 0 amide bonds. The van der Waals surface area contributed by atoms with Gasteiger partial charge in [-0.1, -0.05) is 12.1 Å². The standard InChI is InChI=1S/C18H16O7/c1-3-23-17(21)11(10-19)9-13-15(20)12-7-5-6-8-14(12)25-16(13)18(22)24-4-2/h5-10H,3-4H2,1-2H3/b11-9+. The Morgan fingerprint density at radius 3 is 2.44 bits per heavy atom. The van der Waals surface area contributed by atoms with Gasteiger partial charge in [0.15, 0.2) is 6.29 Å². The summed E-state index contributed by atoms with van der Waals surface area (Å²) in [7, 11) is 0. The molecular formula is C18H16O7. The summed E-state index contributed by atoms with van der Waals surface area (Å²) in [4.78, 5) is 47.8. The van der Waals surface area contributed by atoms with Crippen LogP contribution in [0.1, 0.15) is 30.0 Å². The molecule has 1 heterocycles. The number of aldehydes is 1. The lowest BCUT2D eigenvalue weighted by Gasteiger charge is -2.07. The Hall–Kier alpha value is -3.22. The molecule has 0 radical (unpaired) electrons. The molecule has 0 unspecified atom stereocenters. The normalized spacial score (nSPS) is 11.2. The van der Waals surface area contributed by atoms with Crippen LogP contribution in [0, 0.1) is 0 Å². The van der Waals surface area contributed by atoms with E-state index >= 15 is 0 Å². The predicted molar refractivity (Wildman–Crippen MR) is 89.1 cm³/mol. The second kappa shape index (κ2) is 8.05. The van der Waals surface area contributed by atoms with Gasteiger partial charge in [0.1, 0.15) is 11.2 Å². The van der Waals surface area contributed by atoms with Crippen molar-refractivity contribution in [2.24, 2.45) is 0 Å².